The van der Waals surface area contributed by atoms with E-state index in [1.165, 1.54) is 18.4 Å². The highest BCUT2D eigenvalue weighted by Crippen LogP contribution is 2.09. The van der Waals surface area contributed by atoms with Gasteiger partial charge in [0.1, 0.15) is 6.26 Å². The molecule has 0 saturated carbocycles. The van der Waals surface area contributed by atoms with Crippen molar-refractivity contribution in [3.63, 3.8) is 0 Å². The van der Waals surface area contributed by atoms with Crippen LogP contribution in [0, 0.1) is 6.92 Å². The maximum absolute atomic E-state index is 10.5. The van der Waals surface area contributed by atoms with Crippen molar-refractivity contribution < 1.29 is 23.1 Å². The van der Waals surface area contributed by atoms with Gasteiger partial charge in [0, 0.05) is 4.88 Å². The first-order valence-electron chi connectivity index (χ1n) is 5.48. The van der Waals surface area contributed by atoms with E-state index in [-0.39, 0.29) is 4.90 Å². The quantitative estimate of drug-likeness (QED) is 0.392. The molecule has 1 heterocycles. The van der Waals surface area contributed by atoms with Crippen LogP contribution in [0.4, 0.5) is 0 Å². The highest BCUT2D eigenvalue weighted by atomic mass is 32.2. The molecule has 7 heteroatoms. The lowest BCUT2D eigenvalue weighted by Crippen LogP contribution is -1.96. The van der Waals surface area contributed by atoms with Gasteiger partial charge in [-0.25, -0.2) is 5.26 Å². The zero-order valence-corrected chi connectivity index (χ0v) is 12.3. The van der Waals surface area contributed by atoms with Crippen LogP contribution in [0.3, 0.4) is 0 Å². The molecule has 0 saturated heterocycles. The van der Waals surface area contributed by atoms with Crippen LogP contribution in [0.1, 0.15) is 10.4 Å². The van der Waals surface area contributed by atoms with E-state index in [2.05, 4.69) is 4.89 Å². The normalized spacial score (nSPS) is 10.9. The lowest BCUT2D eigenvalue weighted by Gasteiger charge is -1.95. The summed E-state index contributed by atoms with van der Waals surface area (Å²) in [4.78, 5) is 4.73. The fourth-order valence-corrected chi connectivity index (χ4v) is 2.28. The molecular weight excluding hydrogens is 300 g/mol. The predicted molar refractivity (Wildman–Crippen MR) is 78.1 cm³/mol. The van der Waals surface area contributed by atoms with E-state index in [1.807, 2.05) is 24.4 Å². The smallest absolute Gasteiger partial charge is 0.294 e. The second-order valence-electron chi connectivity index (χ2n) is 3.71. The van der Waals surface area contributed by atoms with Gasteiger partial charge in [0.15, 0.2) is 0 Å². The molecule has 0 aliphatic carbocycles. The molecule has 0 unspecified atom stereocenters. The summed E-state index contributed by atoms with van der Waals surface area (Å²) in [6.07, 6.45) is 2.91. The highest BCUT2D eigenvalue weighted by molar-refractivity contribution is 7.85. The molecular formula is C13H14O5S2. The fraction of sp³-hybridized carbons (Fsp3) is 0.0769. The molecule has 1 aromatic carbocycles. The summed E-state index contributed by atoms with van der Waals surface area (Å²) in [6, 6.07) is 9.85. The molecule has 5 nitrogen and oxygen atoms in total. The Morgan fingerprint density at radius 3 is 2.30 bits per heavy atom. The van der Waals surface area contributed by atoms with Crippen molar-refractivity contribution in [3.05, 3.63) is 58.5 Å². The molecule has 2 aromatic rings. The molecule has 2 rings (SSSR count). The largest absolute Gasteiger partial charge is 0.348 e. The minimum atomic E-state index is -4.02. The summed E-state index contributed by atoms with van der Waals surface area (Å²) < 4.78 is 29.6. The third-order valence-corrected chi connectivity index (χ3v) is 3.86. The van der Waals surface area contributed by atoms with Crippen molar-refractivity contribution in [2.45, 2.75) is 11.8 Å². The Kier molecular flexibility index (Phi) is 6.40. The van der Waals surface area contributed by atoms with Gasteiger partial charge in [0.2, 0.25) is 0 Å². The molecule has 0 spiro atoms. The lowest BCUT2D eigenvalue weighted by atomic mass is 10.2. The van der Waals surface area contributed by atoms with E-state index in [0.717, 1.165) is 10.4 Å². The summed E-state index contributed by atoms with van der Waals surface area (Å²) in [7, 11) is -4.02. The van der Waals surface area contributed by atoms with Crippen LogP contribution in [0.2, 0.25) is 0 Å². The van der Waals surface area contributed by atoms with Crippen LogP contribution in [0.15, 0.2) is 52.9 Å². The molecule has 0 radical (unpaired) electrons. The molecule has 108 valence electrons. The maximum Gasteiger partial charge on any atom is 0.294 e. The number of rotatable bonds is 3. The van der Waals surface area contributed by atoms with Gasteiger partial charge < -0.3 is 4.89 Å². The van der Waals surface area contributed by atoms with Crippen LogP contribution in [-0.4, -0.2) is 18.2 Å². The number of hydrogen-bond donors (Lipinski definition) is 2. The van der Waals surface area contributed by atoms with E-state index in [4.69, 9.17) is 9.81 Å². The van der Waals surface area contributed by atoms with Crippen molar-refractivity contribution in [1.29, 1.82) is 0 Å². The average Bonchev–Trinajstić information content (AvgIpc) is 2.89. The number of aryl methyl sites for hydroxylation is 1. The highest BCUT2D eigenvalue weighted by Gasteiger charge is 2.06. The Balaban J connectivity index is 0.000000204. The van der Waals surface area contributed by atoms with E-state index < -0.39 is 10.1 Å². The third kappa shape index (κ3) is 5.98. The van der Waals surface area contributed by atoms with Crippen LogP contribution < -0.4 is 0 Å². The van der Waals surface area contributed by atoms with E-state index in [1.54, 1.807) is 29.5 Å². The van der Waals surface area contributed by atoms with Crippen molar-refractivity contribution in [3.8, 4) is 0 Å². The van der Waals surface area contributed by atoms with E-state index >= 15 is 0 Å². The molecule has 0 aliphatic rings. The predicted octanol–water partition coefficient (Wildman–Crippen LogP) is 3.45. The Labute approximate surface area is 121 Å². The standard InChI is InChI=1S/C7H8O3S.C6H6O2S/c1-6-2-4-7(5-3-6)11(8,9)10;7-8-4-3-6-2-1-5-9-6/h2-5H,1H3,(H,8,9,10);1-5,7H. The first-order chi connectivity index (χ1) is 9.43. The van der Waals surface area contributed by atoms with Gasteiger partial charge in [-0.2, -0.15) is 8.42 Å². The van der Waals surface area contributed by atoms with Gasteiger partial charge in [-0.3, -0.25) is 4.55 Å². The van der Waals surface area contributed by atoms with Crippen LogP contribution in [-0.2, 0) is 15.0 Å². The first kappa shape index (κ1) is 16.4. The van der Waals surface area contributed by atoms with Crippen molar-refractivity contribution >= 4 is 27.5 Å². The molecule has 2 N–H and O–H groups in total. The summed E-state index contributed by atoms with van der Waals surface area (Å²) >= 11 is 1.58. The van der Waals surface area contributed by atoms with Crippen LogP contribution in [0.5, 0.6) is 0 Å². The van der Waals surface area contributed by atoms with Crippen LogP contribution >= 0.6 is 11.3 Å². The molecule has 20 heavy (non-hydrogen) atoms. The second kappa shape index (κ2) is 7.81. The SMILES string of the molecule is Cc1ccc(S(=O)(=O)O)cc1.OOC=Cc1cccs1. The van der Waals surface area contributed by atoms with Crippen molar-refractivity contribution in [1.82, 2.24) is 0 Å². The number of hydrogen-bond acceptors (Lipinski definition) is 5. The Morgan fingerprint density at radius 1 is 1.20 bits per heavy atom. The van der Waals surface area contributed by atoms with Crippen molar-refractivity contribution in [2.24, 2.45) is 0 Å². The first-order valence-corrected chi connectivity index (χ1v) is 7.80. The fourth-order valence-electron chi connectivity index (χ4n) is 1.19. The molecule has 0 fully saturated rings. The summed E-state index contributed by atoms with van der Waals surface area (Å²) in [5.41, 5.74) is 0.956. The van der Waals surface area contributed by atoms with Gasteiger partial charge in [0.05, 0.1) is 4.90 Å². The van der Waals surface area contributed by atoms with E-state index in [0.29, 0.717) is 0 Å². The molecule has 0 amide bonds. The zero-order valence-electron chi connectivity index (χ0n) is 10.6. The lowest BCUT2D eigenvalue weighted by molar-refractivity contribution is -0.185. The molecule has 0 aliphatic heterocycles. The van der Waals surface area contributed by atoms with E-state index in [9.17, 15) is 8.42 Å². The minimum absolute atomic E-state index is 0.0666. The Morgan fingerprint density at radius 2 is 1.85 bits per heavy atom. The Bertz CT molecular complexity index is 628. The second-order valence-corrected chi connectivity index (χ2v) is 6.11. The topological polar surface area (TPSA) is 83.8 Å². The van der Waals surface area contributed by atoms with Gasteiger partial charge in [-0.1, -0.05) is 23.8 Å². The molecule has 0 atom stereocenters. The van der Waals surface area contributed by atoms with Crippen molar-refractivity contribution in [2.75, 3.05) is 0 Å². The minimum Gasteiger partial charge on any atom is -0.348 e. The summed E-state index contributed by atoms with van der Waals surface area (Å²) in [5, 5.41) is 9.84. The van der Waals surface area contributed by atoms with Crippen LogP contribution in [0.25, 0.3) is 6.08 Å². The number of benzene rings is 1. The monoisotopic (exact) mass is 314 g/mol. The average molecular weight is 314 g/mol. The maximum atomic E-state index is 10.5. The third-order valence-electron chi connectivity index (χ3n) is 2.16. The van der Waals surface area contributed by atoms with Gasteiger partial charge in [-0.15, -0.1) is 11.3 Å². The summed E-state index contributed by atoms with van der Waals surface area (Å²) in [5.74, 6) is 0. The number of thiophene rings is 1. The molecule has 1 aromatic heterocycles. The Hall–Kier alpha value is -1.67. The van der Waals surface area contributed by atoms with Gasteiger partial charge in [0.25, 0.3) is 10.1 Å². The molecule has 0 bridgehead atoms. The van der Waals surface area contributed by atoms with Gasteiger partial charge >= 0.3 is 0 Å². The van der Waals surface area contributed by atoms with Gasteiger partial charge in [-0.05, 0) is 36.6 Å². The summed E-state index contributed by atoms with van der Waals surface area (Å²) in [6.45, 7) is 1.84. The zero-order chi connectivity index (χ0) is 15.0.